The summed E-state index contributed by atoms with van der Waals surface area (Å²) in [6.45, 7) is 0.197. The fourth-order valence-electron chi connectivity index (χ4n) is 1.68. The van der Waals surface area contributed by atoms with Gasteiger partial charge in [0, 0.05) is 5.56 Å². The molecule has 114 valence electrons. The summed E-state index contributed by atoms with van der Waals surface area (Å²) in [4.78, 5) is 4.26. The number of anilines is 1. The number of alkyl halides is 3. The molecule has 1 aromatic carbocycles. The monoisotopic (exact) mass is 326 g/mol. The molecule has 0 bridgehead atoms. The molecule has 3 rings (SSSR count). The van der Waals surface area contributed by atoms with E-state index in [0.29, 0.717) is 22.9 Å². The standard InChI is InChI=1S/C13H9F3N4OS/c14-13(15,16)11-19-20-12(22-11)17-6-9-7-21-10(18-9)8-4-2-1-3-5-8/h1-5,7H,6H2,(H,17,20). The van der Waals surface area contributed by atoms with Crippen molar-refractivity contribution in [2.75, 3.05) is 5.32 Å². The van der Waals surface area contributed by atoms with Gasteiger partial charge in [-0.15, -0.1) is 10.2 Å². The summed E-state index contributed by atoms with van der Waals surface area (Å²) in [5.74, 6) is 0.450. The van der Waals surface area contributed by atoms with Crippen LogP contribution in [0.4, 0.5) is 18.3 Å². The summed E-state index contributed by atoms with van der Waals surface area (Å²) in [7, 11) is 0. The minimum Gasteiger partial charge on any atom is -0.444 e. The van der Waals surface area contributed by atoms with E-state index in [2.05, 4.69) is 20.5 Å². The van der Waals surface area contributed by atoms with Crippen LogP contribution < -0.4 is 5.32 Å². The lowest BCUT2D eigenvalue weighted by molar-refractivity contribution is -0.138. The fraction of sp³-hybridized carbons (Fsp3) is 0.154. The molecule has 0 aliphatic rings. The third kappa shape index (κ3) is 3.25. The van der Waals surface area contributed by atoms with Crippen LogP contribution in [0.2, 0.25) is 0 Å². The quantitative estimate of drug-likeness (QED) is 0.789. The Morgan fingerprint density at radius 2 is 1.91 bits per heavy atom. The second-order valence-corrected chi connectivity index (χ2v) is 5.25. The molecule has 0 aliphatic carbocycles. The third-order valence-electron chi connectivity index (χ3n) is 2.66. The van der Waals surface area contributed by atoms with Gasteiger partial charge in [0.1, 0.15) is 6.26 Å². The van der Waals surface area contributed by atoms with Crippen LogP contribution in [0.5, 0.6) is 0 Å². The van der Waals surface area contributed by atoms with Crippen molar-refractivity contribution < 1.29 is 17.6 Å². The number of hydrogen-bond acceptors (Lipinski definition) is 6. The predicted octanol–water partition coefficient (Wildman–Crippen LogP) is 3.82. The van der Waals surface area contributed by atoms with Crippen molar-refractivity contribution in [3.8, 4) is 11.5 Å². The molecule has 0 unspecified atom stereocenters. The first-order valence-corrected chi connectivity index (χ1v) is 6.98. The van der Waals surface area contributed by atoms with Crippen molar-refractivity contribution in [1.82, 2.24) is 15.2 Å². The molecular formula is C13H9F3N4OS. The summed E-state index contributed by atoms with van der Waals surface area (Å²) in [6, 6.07) is 9.30. The van der Waals surface area contributed by atoms with E-state index in [9.17, 15) is 13.2 Å². The molecule has 2 aromatic heterocycles. The summed E-state index contributed by atoms with van der Waals surface area (Å²) < 4.78 is 42.6. The van der Waals surface area contributed by atoms with Gasteiger partial charge < -0.3 is 9.73 Å². The molecule has 0 saturated carbocycles. The topological polar surface area (TPSA) is 63.8 Å². The van der Waals surface area contributed by atoms with Crippen molar-refractivity contribution >= 4 is 16.5 Å². The Bertz CT molecular complexity index is 754. The van der Waals surface area contributed by atoms with Crippen LogP contribution in [0.15, 0.2) is 41.0 Å². The average Bonchev–Trinajstić information content (AvgIpc) is 3.15. The molecular weight excluding hydrogens is 317 g/mol. The Morgan fingerprint density at radius 1 is 1.14 bits per heavy atom. The zero-order valence-corrected chi connectivity index (χ0v) is 11.8. The van der Waals surface area contributed by atoms with Crippen LogP contribution in [-0.2, 0) is 12.7 Å². The van der Waals surface area contributed by atoms with Gasteiger partial charge in [-0.3, -0.25) is 0 Å². The van der Waals surface area contributed by atoms with Gasteiger partial charge in [-0.2, -0.15) is 13.2 Å². The highest BCUT2D eigenvalue weighted by Crippen LogP contribution is 2.33. The lowest BCUT2D eigenvalue weighted by Gasteiger charge is -1.98. The molecule has 2 heterocycles. The molecule has 9 heteroatoms. The van der Waals surface area contributed by atoms with E-state index in [4.69, 9.17) is 4.42 Å². The Kier molecular flexibility index (Phi) is 3.80. The van der Waals surface area contributed by atoms with Crippen molar-refractivity contribution in [2.24, 2.45) is 0 Å². The maximum Gasteiger partial charge on any atom is 0.445 e. The number of nitrogens with zero attached hydrogens (tertiary/aromatic N) is 3. The molecule has 1 N–H and O–H groups in total. The smallest absolute Gasteiger partial charge is 0.444 e. The average molecular weight is 326 g/mol. The van der Waals surface area contributed by atoms with Gasteiger partial charge in [0.05, 0.1) is 12.2 Å². The Hall–Kier alpha value is -2.42. The van der Waals surface area contributed by atoms with Gasteiger partial charge in [0.2, 0.25) is 16.0 Å². The van der Waals surface area contributed by atoms with Gasteiger partial charge in [0.15, 0.2) is 0 Å². The first-order chi connectivity index (χ1) is 10.5. The lowest BCUT2D eigenvalue weighted by Crippen LogP contribution is -2.03. The molecule has 3 aromatic rings. The number of halogens is 3. The van der Waals surface area contributed by atoms with E-state index < -0.39 is 11.2 Å². The highest BCUT2D eigenvalue weighted by molar-refractivity contribution is 7.15. The maximum atomic E-state index is 12.4. The van der Waals surface area contributed by atoms with Gasteiger partial charge in [-0.25, -0.2) is 4.98 Å². The molecule has 0 atom stereocenters. The molecule has 22 heavy (non-hydrogen) atoms. The number of rotatable bonds is 4. The van der Waals surface area contributed by atoms with E-state index >= 15 is 0 Å². The molecule has 0 spiro atoms. The van der Waals surface area contributed by atoms with Crippen molar-refractivity contribution in [2.45, 2.75) is 12.7 Å². The van der Waals surface area contributed by atoms with E-state index in [0.717, 1.165) is 5.56 Å². The SMILES string of the molecule is FC(F)(F)c1nnc(NCc2coc(-c3ccccc3)n2)s1. The molecule has 0 aliphatic heterocycles. The van der Waals surface area contributed by atoms with Crippen LogP contribution in [0.1, 0.15) is 10.7 Å². The first kappa shape index (κ1) is 14.5. The summed E-state index contributed by atoms with van der Waals surface area (Å²) in [6.07, 6.45) is -3.03. The highest BCUT2D eigenvalue weighted by atomic mass is 32.1. The van der Waals surface area contributed by atoms with E-state index in [1.807, 2.05) is 30.3 Å². The zero-order chi connectivity index (χ0) is 15.6. The van der Waals surface area contributed by atoms with Crippen LogP contribution in [0.3, 0.4) is 0 Å². The number of benzene rings is 1. The molecule has 0 radical (unpaired) electrons. The second-order valence-electron chi connectivity index (χ2n) is 4.27. The highest BCUT2D eigenvalue weighted by Gasteiger charge is 2.35. The summed E-state index contributed by atoms with van der Waals surface area (Å²) >= 11 is 0.446. The van der Waals surface area contributed by atoms with Gasteiger partial charge in [0.25, 0.3) is 0 Å². The van der Waals surface area contributed by atoms with E-state index in [1.165, 1.54) is 6.26 Å². The molecule has 0 saturated heterocycles. The van der Waals surface area contributed by atoms with E-state index in [-0.39, 0.29) is 11.7 Å². The molecule has 0 amide bonds. The normalized spacial score (nSPS) is 11.6. The minimum atomic E-state index is -4.48. The predicted molar refractivity (Wildman–Crippen MR) is 74.2 cm³/mol. The Morgan fingerprint density at radius 3 is 2.59 bits per heavy atom. The molecule has 0 fully saturated rings. The fourth-order valence-corrected chi connectivity index (χ4v) is 2.28. The maximum absolute atomic E-state index is 12.4. The van der Waals surface area contributed by atoms with Crippen LogP contribution >= 0.6 is 11.3 Å². The third-order valence-corrected chi connectivity index (χ3v) is 3.59. The van der Waals surface area contributed by atoms with E-state index in [1.54, 1.807) is 0 Å². The Balaban J connectivity index is 1.65. The lowest BCUT2D eigenvalue weighted by atomic mass is 10.2. The van der Waals surface area contributed by atoms with Crippen LogP contribution in [-0.4, -0.2) is 15.2 Å². The zero-order valence-electron chi connectivity index (χ0n) is 11.0. The van der Waals surface area contributed by atoms with Crippen molar-refractivity contribution in [1.29, 1.82) is 0 Å². The number of hydrogen-bond donors (Lipinski definition) is 1. The summed E-state index contributed by atoms with van der Waals surface area (Å²) in [5.41, 5.74) is 1.38. The number of nitrogens with one attached hydrogen (secondary N) is 1. The minimum absolute atomic E-state index is 0.0802. The van der Waals surface area contributed by atoms with Gasteiger partial charge in [-0.05, 0) is 12.1 Å². The first-order valence-electron chi connectivity index (χ1n) is 6.17. The van der Waals surface area contributed by atoms with Crippen molar-refractivity contribution in [3.63, 3.8) is 0 Å². The largest absolute Gasteiger partial charge is 0.445 e. The Labute approximate surface area is 126 Å². The molecule has 5 nitrogen and oxygen atoms in total. The number of oxazole rings is 1. The van der Waals surface area contributed by atoms with Crippen LogP contribution in [0, 0.1) is 0 Å². The second kappa shape index (κ2) is 5.76. The van der Waals surface area contributed by atoms with Gasteiger partial charge in [-0.1, -0.05) is 29.5 Å². The van der Waals surface area contributed by atoms with Gasteiger partial charge >= 0.3 is 6.18 Å². The van der Waals surface area contributed by atoms with Crippen LogP contribution in [0.25, 0.3) is 11.5 Å². The van der Waals surface area contributed by atoms with Crippen molar-refractivity contribution in [3.05, 3.63) is 47.3 Å². The number of aromatic nitrogens is 3. The summed E-state index contributed by atoms with van der Waals surface area (Å²) in [5, 5.41) is 8.37.